The standard InChI is InChI=1S/C15H18BrNS/c1-12-5-3-9-17-15(12)11-13(16)6-2-7-14-8-4-10-18-14/h3-5,8-10,13H,2,6-7,11H2,1H3. The van der Waals surface area contributed by atoms with Crippen LogP contribution in [0.5, 0.6) is 0 Å². The molecule has 1 nitrogen and oxygen atoms in total. The minimum atomic E-state index is 0.533. The van der Waals surface area contributed by atoms with Crippen molar-refractivity contribution in [2.24, 2.45) is 0 Å². The second-order valence-electron chi connectivity index (χ2n) is 4.54. The van der Waals surface area contributed by atoms with E-state index in [1.807, 2.05) is 23.6 Å². The second-order valence-corrected chi connectivity index (χ2v) is 6.87. The van der Waals surface area contributed by atoms with Crippen LogP contribution in [0.2, 0.25) is 0 Å². The highest BCUT2D eigenvalue weighted by molar-refractivity contribution is 9.09. The molecule has 0 aromatic carbocycles. The molecule has 0 aliphatic carbocycles. The third kappa shape index (κ3) is 4.21. The Labute approximate surface area is 121 Å². The fourth-order valence-electron chi connectivity index (χ4n) is 2.00. The average molecular weight is 324 g/mol. The number of hydrogen-bond donors (Lipinski definition) is 0. The van der Waals surface area contributed by atoms with Crippen molar-refractivity contribution in [3.63, 3.8) is 0 Å². The SMILES string of the molecule is Cc1cccnc1CC(Br)CCCc1cccs1. The molecule has 2 rings (SSSR count). The lowest BCUT2D eigenvalue weighted by atomic mass is 10.1. The van der Waals surface area contributed by atoms with E-state index < -0.39 is 0 Å². The molecule has 3 heteroatoms. The molecule has 2 heterocycles. The Hall–Kier alpha value is -0.670. The normalized spacial score (nSPS) is 12.6. The number of nitrogens with zero attached hydrogens (tertiary/aromatic N) is 1. The summed E-state index contributed by atoms with van der Waals surface area (Å²) in [5, 5.41) is 2.15. The van der Waals surface area contributed by atoms with Crippen molar-refractivity contribution in [1.29, 1.82) is 0 Å². The van der Waals surface area contributed by atoms with Crippen molar-refractivity contribution in [1.82, 2.24) is 4.98 Å². The van der Waals surface area contributed by atoms with E-state index in [0.717, 1.165) is 6.42 Å². The predicted octanol–water partition coefficient (Wildman–Crippen LogP) is 4.78. The Balaban J connectivity index is 1.75. The molecule has 0 bridgehead atoms. The van der Waals surface area contributed by atoms with Crippen LogP contribution in [0.4, 0.5) is 0 Å². The largest absolute Gasteiger partial charge is 0.261 e. The summed E-state index contributed by atoms with van der Waals surface area (Å²) in [6.45, 7) is 2.13. The van der Waals surface area contributed by atoms with Crippen molar-refractivity contribution in [2.75, 3.05) is 0 Å². The van der Waals surface area contributed by atoms with Gasteiger partial charge in [-0.3, -0.25) is 4.98 Å². The predicted molar refractivity (Wildman–Crippen MR) is 82.7 cm³/mol. The Morgan fingerprint density at radius 1 is 1.33 bits per heavy atom. The lowest BCUT2D eigenvalue weighted by Gasteiger charge is -2.10. The van der Waals surface area contributed by atoms with Crippen molar-refractivity contribution >= 4 is 27.3 Å². The van der Waals surface area contributed by atoms with Gasteiger partial charge in [0.05, 0.1) is 0 Å². The lowest BCUT2D eigenvalue weighted by molar-refractivity contribution is 0.696. The number of rotatable bonds is 6. The van der Waals surface area contributed by atoms with E-state index in [9.17, 15) is 0 Å². The first-order valence-electron chi connectivity index (χ1n) is 6.32. The lowest BCUT2D eigenvalue weighted by Crippen LogP contribution is -2.06. The van der Waals surface area contributed by atoms with Gasteiger partial charge < -0.3 is 0 Å². The van der Waals surface area contributed by atoms with Gasteiger partial charge in [-0.15, -0.1) is 11.3 Å². The van der Waals surface area contributed by atoms with E-state index in [4.69, 9.17) is 0 Å². The van der Waals surface area contributed by atoms with Crippen LogP contribution in [-0.2, 0) is 12.8 Å². The second kappa shape index (κ2) is 7.05. The van der Waals surface area contributed by atoms with Gasteiger partial charge in [0.15, 0.2) is 0 Å². The van der Waals surface area contributed by atoms with Crippen LogP contribution < -0.4 is 0 Å². The van der Waals surface area contributed by atoms with Gasteiger partial charge in [0, 0.05) is 28.0 Å². The molecule has 2 aromatic heterocycles. The monoisotopic (exact) mass is 323 g/mol. The number of pyridine rings is 1. The molecule has 0 aliphatic rings. The van der Waals surface area contributed by atoms with E-state index in [2.05, 4.69) is 51.4 Å². The van der Waals surface area contributed by atoms with Gasteiger partial charge in [0.2, 0.25) is 0 Å². The summed E-state index contributed by atoms with van der Waals surface area (Å²) in [6, 6.07) is 8.48. The van der Waals surface area contributed by atoms with Gasteiger partial charge in [0.1, 0.15) is 0 Å². The van der Waals surface area contributed by atoms with E-state index in [1.165, 1.54) is 35.4 Å². The van der Waals surface area contributed by atoms with Crippen molar-refractivity contribution in [3.05, 3.63) is 52.0 Å². The van der Waals surface area contributed by atoms with E-state index in [-0.39, 0.29) is 0 Å². The Kier molecular flexibility index (Phi) is 5.39. The smallest absolute Gasteiger partial charge is 0.0443 e. The molecule has 96 valence electrons. The van der Waals surface area contributed by atoms with Crippen LogP contribution in [0.15, 0.2) is 35.8 Å². The number of hydrogen-bond acceptors (Lipinski definition) is 2. The Morgan fingerprint density at radius 3 is 2.94 bits per heavy atom. The molecule has 0 radical (unpaired) electrons. The molecule has 0 amide bonds. The molecule has 2 aromatic rings. The van der Waals surface area contributed by atoms with Gasteiger partial charge in [-0.25, -0.2) is 0 Å². The van der Waals surface area contributed by atoms with Gasteiger partial charge in [-0.05, 0) is 49.3 Å². The molecule has 18 heavy (non-hydrogen) atoms. The average Bonchev–Trinajstić information content (AvgIpc) is 2.85. The van der Waals surface area contributed by atoms with Crippen molar-refractivity contribution in [3.8, 4) is 0 Å². The van der Waals surface area contributed by atoms with Crippen LogP contribution in [0.3, 0.4) is 0 Å². The summed E-state index contributed by atoms with van der Waals surface area (Å²) in [7, 11) is 0. The summed E-state index contributed by atoms with van der Waals surface area (Å²) in [4.78, 5) is 6.47. The van der Waals surface area contributed by atoms with Gasteiger partial charge >= 0.3 is 0 Å². The van der Waals surface area contributed by atoms with Gasteiger partial charge in [0.25, 0.3) is 0 Å². The molecule has 0 fully saturated rings. The van der Waals surface area contributed by atoms with Crippen LogP contribution in [0.1, 0.15) is 29.0 Å². The summed E-state index contributed by atoms with van der Waals surface area (Å²) in [5.41, 5.74) is 2.51. The molecular formula is C15H18BrNS. The van der Waals surface area contributed by atoms with Crippen LogP contribution in [0, 0.1) is 6.92 Å². The molecule has 0 N–H and O–H groups in total. The Morgan fingerprint density at radius 2 is 2.22 bits per heavy atom. The fraction of sp³-hybridized carbons (Fsp3) is 0.400. The number of halogens is 1. The van der Waals surface area contributed by atoms with Gasteiger partial charge in [-0.2, -0.15) is 0 Å². The minimum absolute atomic E-state index is 0.533. The maximum absolute atomic E-state index is 4.45. The molecule has 1 unspecified atom stereocenters. The molecular weight excluding hydrogens is 306 g/mol. The third-order valence-corrected chi connectivity index (χ3v) is 4.77. The highest BCUT2D eigenvalue weighted by Crippen LogP contribution is 2.19. The van der Waals surface area contributed by atoms with Crippen molar-refractivity contribution in [2.45, 2.75) is 37.4 Å². The first-order chi connectivity index (χ1) is 8.75. The number of aryl methyl sites for hydroxylation is 2. The number of aromatic nitrogens is 1. The molecule has 0 saturated carbocycles. The third-order valence-electron chi connectivity index (χ3n) is 3.05. The zero-order valence-electron chi connectivity index (χ0n) is 10.6. The summed E-state index contributed by atoms with van der Waals surface area (Å²) >= 11 is 5.63. The van der Waals surface area contributed by atoms with Gasteiger partial charge in [-0.1, -0.05) is 28.1 Å². The zero-order chi connectivity index (χ0) is 12.8. The van der Waals surface area contributed by atoms with Crippen LogP contribution in [-0.4, -0.2) is 9.81 Å². The van der Waals surface area contributed by atoms with Crippen molar-refractivity contribution < 1.29 is 0 Å². The molecule has 0 aliphatic heterocycles. The van der Waals surface area contributed by atoms with Crippen LogP contribution >= 0.6 is 27.3 Å². The fourth-order valence-corrected chi connectivity index (χ4v) is 3.38. The van der Waals surface area contributed by atoms with E-state index in [1.54, 1.807) is 0 Å². The van der Waals surface area contributed by atoms with E-state index in [0.29, 0.717) is 4.83 Å². The number of thiophene rings is 1. The maximum Gasteiger partial charge on any atom is 0.0443 e. The summed E-state index contributed by atoms with van der Waals surface area (Å²) in [6.07, 6.45) is 6.54. The first kappa shape index (κ1) is 13.8. The minimum Gasteiger partial charge on any atom is -0.261 e. The highest BCUT2D eigenvalue weighted by atomic mass is 79.9. The summed E-state index contributed by atoms with van der Waals surface area (Å²) < 4.78 is 0. The Bertz CT molecular complexity index is 467. The zero-order valence-corrected chi connectivity index (χ0v) is 13.0. The summed E-state index contributed by atoms with van der Waals surface area (Å²) in [5.74, 6) is 0. The number of alkyl halides is 1. The topological polar surface area (TPSA) is 12.9 Å². The maximum atomic E-state index is 4.45. The first-order valence-corrected chi connectivity index (χ1v) is 8.12. The van der Waals surface area contributed by atoms with Crippen LogP contribution in [0.25, 0.3) is 0 Å². The highest BCUT2D eigenvalue weighted by Gasteiger charge is 2.08. The molecule has 1 atom stereocenters. The molecule has 0 saturated heterocycles. The quantitative estimate of drug-likeness (QED) is 0.697. The molecule has 0 spiro atoms. The van der Waals surface area contributed by atoms with E-state index >= 15 is 0 Å².